The quantitative estimate of drug-likeness (QED) is 0.622. The molecule has 0 aliphatic carbocycles. The van der Waals surface area contributed by atoms with Gasteiger partial charge in [-0.25, -0.2) is 9.83 Å². The molecule has 0 spiro atoms. The van der Waals surface area contributed by atoms with E-state index in [1.807, 2.05) is 6.92 Å². The summed E-state index contributed by atoms with van der Waals surface area (Å²) in [5.41, 5.74) is 1.56. The molecule has 2 fully saturated rings. The van der Waals surface area contributed by atoms with E-state index >= 15 is 0 Å². The van der Waals surface area contributed by atoms with Gasteiger partial charge >= 0.3 is 0 Å². The molecule has 2 atom stereocenters. The number of nitrogens with zero attached hydrogens (tertiary/aromatic N) is 5. The third kappa shape index (κ3) is 2.05. The normalized spacial score (nSPS) is 24.1. The van der Waals surface area contributed by atoms with Gasteiger partial charge in [0.05, 0.1) is 12.1 Å². The van der Waals surface area contributed by atoms with E-state index in [0.717, 1.165) is 25.1 Å². The van der Waals surface area contributed by atoms with Crippen LogP contribution in [0, 0.1) is 17.9 Å². The number of nitriles is 1. The van der Waals surface area contributed by atoms with Crippen molar-refractivity contribution in [1.82, 2.24) is 9.88 Å². The van der Waals surface area contributed by atoms with Crippen molar-refractivity contribution in [1.29, 1.82) is 5.26 Å². The predicted molar refractivity (Wildman–Crippen MR) is 81.8 cm³/mol. The second kappa shape index (κ2) is 5.18. The Morgan fingerprint density at radius 1 is 1.48 bits per heavy atom. The molecular formula is C15H16ClN5. The molecule has 1 aromatic heterocycles. The summed E-state index contributed by atoms with van der Waals surface area (Å²) in [6.45, 7) is 11.3. The number of aromatic nitrogens is 1. The van der Waals surface area contributed by atoms with Gasteiger partial charge in [0, 0.05) is 25.2 Å². The van der Waals surface area contributed by atoms with Crippen LogP contribution in [0.1, 0.15) is 24.5 Å². The maximum atomic E-state index is 9.25. The third-order valence-corrected chi connectivity index (χ3v) is 4.85. The molecule has 0 radical (unpaired) electrons. The van der Waals surface area contributed by atoms with Crippen molar-refractivity contribution >= 4 is 23.1 Å². The van der Waals surface area contributed by atoms with E-state index in [4.69, 9.17) is 18.2 Å². The van der Waals surface area contributed by atoms with E-state index in [2.05, 4.69) is 32.7 Å². The number of likely N-dealkylation sites (N-methyl/N-ethyl adjacent to an activating group) is 1. The first-order chi connectivity index (χ1) is 10.1. The lowest BCUT2D eigenvalue weighted by Crippen LogP contribution is -2.45. The molecule has 2 aliphatic heterocycles. The highest BCUT2D eigenvalue weighted by atomic mass is 35.5. The Hall–Kier alpha value is -1.82. The lowest BCUT2D eigenvalue weighted by Gasteiger charge is -2.34. The van der Waals surface area contributed by atoms with Gasteiger partial charge in [0.2, 0.25) is 5.69 Å². The van der Waals surface area contributed by atoms with Crippen LogP contribution in [0.3, 0.4) is 0 Å². The van der Waals surface area contributed by atoms with Crippen molar-refractivity contribution in [2.75, 3.05) is 25.0 Å². The van der Waals surface area contributed by atoms with Gasteiger partial charge < -0.3 is 4.90 Å². The standard InChI is InChI=1S/C15H16ClN5/c1-4-11-12(6-17)14(16)19-15(13(11)18-2)21-8-9-5-10(21)7-20(9)3/h9-10H,4-5,7-8H2,1,3H3. The summed E-state index contributed by atoms with van der Waals surface area (Å²) in [6, 6.07) is 3.00. The predicted octanol–water partition coefficient (Wildman–Crippen LogP) is 2.61. The molecule has 3 heterocycles. The minimum absolute atomic E-state index is 0.216. The molecule has 1 aromatic rings. The van der Waals surface area contributed by atoms with Gasteiger partial charge in [0.25, 0.3) is 0 Å². The first-order valence-electron chi connectivity index (χ1n) is 7.07. The topological polar surface area (TPSA) is 47.5 Å². The number of fused-ring (bicyclic) bond motifs is 2. The molecule has 0 amide bonds. The Kier molecular flexibility index (Phi) is 3.49. The summed E-state index contributed by atoms with van der Waals surface area (Å²) in [5, 5.41) is 9.46. The Labute approximate surface area is 129 Å². The number of pyridine rings is 1. The summed E-state index contributed by atoms with van der Waals surface area (Å²) in [7, 11) is 2.13. The van der Waals surface area contributed by atoms with Crippen molar-refractivity contribution in [3.8, 4) is 6.07 Å². The van der Waals surface area contributed by atoms with Crippen LogP contribution >= 0.6 is 11.6 Å². The highest BCUT2D eigenvalue weighted by Crippen LogP contribution is 2.41. The fourth-order valence-electron chi connectivity index (χ4n) is 3.48. The summed E-state index contributed by atoms with van der Waals surface area (Å²) in [4.78, 5) is 12.6. The molecular weight excluding hydrogens is 286 g/mol. The molecule has 2 aliphatic rings. The lowest BCUT2D eigenvalue weighted by atomic mass is 10.1. The molecule has 6 heteroatoms. The summed E-state index contributed by atoms with van der Waals surface area (Å²) >= 11 is 6.18. The number of rotatable bonds is 2. The van der Waals surface area contributed by atoms with Crippen molar-refractivity contribution in [3.05, 3.63) is 27.7 Å². The second-order valence-electron chi connectivity index (χ2n) is 5.64. The highest BCUT2D eigenvalue weighted by molar-refractivity contribution is 6.31. The fourth-order valence-corrected chi connectivity index (χ4v) is 3.72. The highest BCUT2D eigenvalue weighted by Gasteiger charge is 2.43. The SMILES string of the molecule is [C-]#[N+]c1c(N2CC3CC2CN3C)nc(Cl)c(C#N)c1CC. The fraction of sp³-hybridized carbons (Fsp3) is 0.533. The molecule has 0 N–H and O–H groups in total. The Bertz CT molecular complexity index is 670. The number of anilines is 1. The average Bonchev–Trinajstić information content (AvgIpc) is 3.04. The largest absolute Gasteiger partial charge is 0.359 e. The van der Waals surface area contributed by atoms with E-state index < -0.39 is 0 Å². The summed E-state index contributed by atoms with van der Waals surface area (Å²) in [6.07, 6.45) is 1.71. The van der Waals surface area contributed by atoms with Crippen LogP contribution in [0.15, 0.2) is 0 Å². The number of likely N-dealkylation sites (tertiary alicyclic amines) is 1. The van der Waals surface area contributed by atoms with Crippen LogP contribution in [-0.2, 0) is 6.42 Å². The van der Waals surface area contributed by atoms with E-state index in [0.29, 0.717) is 35.6 Å². The van der Waals surface area contributed by atoms with Crippen LogP contribution < -0.4 is 4.90 Å². The number of hydrogen-bond acceptors (Lipinski definition) is 4. The zero-order chi connectivity index (χ0) is 15.1. The number of hydrogen-bond donors (Lipinski definition) is 0. The second-order valence-corrected chi connectivity index (χ2v) is 6.00. The molecule has 2 bridgehead atoms. The summed E-state index contributed by atoms with van der Waals surface area (Å²) < 4.78 is 0. The van der Waals surface area contributed by atoms with E-state index in [-0.39, 0.29) is 5.15 Å². The van der Waals surface area contributed by atoms with Gasteiger partial charge in [-0.3, -0.25) is 4.90 Å². The van der Waals surface area contributed by atoms with E-state index in [9.17, 15) is 5.26 Å². The van der Waals surface area contributed by atoms with Crippen LogP contribution in [0.5, 0.6) is 0 Å². The average molecular weight is 302 g/mol. The minimum Gasteiger partial charge on any atom is -0.359 e. The van der Waals surface area contributed by atoms with E-state index in [1.165, 1.54) is 0 Å². The van der Waals surface area contributed by atoms with Gasteiger partial charge in [0.1, 0.15) is 17.0 Å². The molecule has 3 rings (SSSR count). The monoisotopic (exact) mass is 301 g/mol. The van der Waals surface area contributed by atoms with Gasteiger partial charge in [-0.15, -0.1) is 0 Å². The van der Waals surface area contributed by atoms with Crippen molar-refractivity contribution in [3.63, 3.8) is 0 Å². The minimum atomic E-state index is 0.216. The van der Waals surface area contributed by atoms with Gasteiger partial charge in [-0.1, -0.05) is 18.5 Å². The number of piperazine rings is 1. The Morgan fingerprint density at radius 2 is 2.24 bits per heavy atom. The van der Waals surface area contributed by atoms with Crippen molar-refractivity contribution < 1.29 is 0 Å². The molecule has 2 saturated heterocycles. The van der Waals surface area contributed by atoms with E-state index in [1.54, 1.807) is 0 Å². The Morgan fingerprint density at radius 3 is 2.71 bits per heavy atom. The zero-order valence-electron chi connectivity index (χ0n) is 12.1. The van der Waals surface area contributed by atoms with Gasteiger partial charge in [-0.05, 0) is 25.5 Å². The molecule has 21 heavy (non-hydrogen) atoms. The lowest BCUT2D eigenvalue weighted by molar-refractivity contribution is 0.292. The molecule has 108 valence electrons. The molecule has 0 aromatic carbocycles. The van der Waals surface area contributed by atoms with Crippen molar-refractivity contribution in [2.45, 2.75) is 31.8 Å². The molecule has 2 unspecified atom stereocenters. The number of halogens is 1. The van der Waals surface area contributed by atoms with Gasteiger partial charge in [0.15, 0.2) is 0 Å². The van der Waals surface area contributed by atoms with Crippen LogP contribution in [-0.4, -0.2) is 42.1 Å². The summed E-state index contributed by atoms with van der Waals surface area (Å²) in [5.74, 6) is 0.659. The third-order valence-electron chi connectivity index (χ3n) is 4.57. The zero-order valence-corrected chi connectivity index (χ0v) is 12.9. The van der Waals surface area contributed by atoms with Crippen molar-refractivity contribution in [2.24, 2.45) is 0 Å². The first kappa shape index (κ1) is 14.1. The van der Waals surface area contributed by atoms with Crippen LogP contribution in [0.25, 0.3) is 4.85 Å². The maximum Gasteiger partial charge on any atom is 0.232 e. The smallest absolute Gasteiger partial charge is 0.232 e. The maximum absolute atomic E-state index is 9.25. The Balaban J connectivity index is 2.11. The van der Waals surface area contributed by atoms with Gasteiger partial charge in [-0.2, -0.15) is 5.26 Å². The molecule has 0 saturated carbocycles. The van der Waals surface area contributed by atoms with Crippen LogP contribution in [0.2, 0.25) is 5.15 Å². The first-order valence-corrected chi connectivity index (χ1v) is 7.45. The molecule has 5 nitrogen and oxygen atoms in total. The van der Waals surface area contributed by atoms with Crippen LogP contribution in [0.4, 0.5) is 11.5 Å².